The predicted octanol–water partition coefficient (Wildman–Crippen LogP) is 4.55. The number of amides is 2. The van der Waals surface area contributed by atoms with E-state index in [1.165, 1.54) is 35.4 Å². The first-order valence-electron chi connectivity index (χ1n) is 9.95. The molecule has 2 aliphatic rings. The van der Waals surface area contributed by atoms with Crippen LogP contribution in [0.3, 0.4) is 0 Å². The molecule has 2 aliphatic heterocycles. The lowest BCUT2D eigenvalue weighted by molar-refractivity contribution is -0.384. The molecule has 0 aliphatic carbocycles. The summed E-state index contributed by atoms with van der Waals surface area (Å²) < 4.78 is 14.1. The van der Waals surface area contributed by atoms with Gasteiger partial charge in [-0.25, -0.2) is 14.4 Å². The first kappa shape index (κ1) is 21.2. The third-order valence-corrected chi connectivity index (χ3v) is 6.34. The van der Waals surface area contributed by atoms with Crippen molar-refractivity contribution in [3.8, 4) is 0 Å². The van der Waals surface area contributed by atoms with Gasteiger partial charge in [0.25, 0.3) is 11.6 Å². The number of carbonyl (C=O) groups excluding carboxylic acids is 2. The second kappa shape index (κ2) is 8.05. The number of rotatable bonds is 4. The van der Waals surface area contributed by atoms with Gasteiger partial charge in [-0.3, -0.25) is 24.5 Å². The number of hydrogen-bond acceptors (Lipinski definition) is 6. The summed E-state index contributed by atoms with van der Waals surface area (Å²) in [5.41, 5.74) is 1.30. The predicted molar refractivity (Wildman–Crippen MR) is 120 cm³/mol. The van der Waals surface area contributed by atoms with Gasteiger partial charge >= 0.3 is 0 Å². The van der Waals surface area contributed by atoms with E-state index in [0.29, 0.717) is 11.3 Å². The Hall–Kier alpha value is -3.63. The molecule has 3 aromatic carbocycles. The Balaban J connectivity index is 1.57. The monoisotopic (exact) mass is 511 g/mol. The number of anilines is 2. The summed E-state index contributed by atoms with van der Waals surface area (Å²) in [6.07, 6.45) is -1.10. The highest BCUT2D eigenvalue weighted by molar-refractivity contribution is 9.10. The number of para-hydroxylation sites is 1. The maximum atomic E-state index is 13.9. The van der Waals surface area contributed by atoms with Crippen LogP contribution in [0.5, 0.6) is 0 Å². The third-order valence-electron chi connectivity index (χ3n) is 5.73. The van der Waals surface area contributed by atoms with Gasteiger partial charge in [0, 0.05) is 12.1 Å². The molecule has 0 bridgehead atoms. The summed E-state index contributed by atoms with van der Waals surface area (Å²) in [5, 5.41) is 12.5. The van der Waals surface area contributed by atoms with Gasteiger partial charge in [-0.1, -0.05) is 24.3 Å². The zero-order valence-corrected chi connectivity index (χ0v) is 18.4. The molecule has 2 fully saturated rings. The Labute approximate surface area is 195 Å². The first-order chi connectivity index (χ1) is 15.9. The molecular formula is C23H15BrFN3O5. The lowest BCUT2D eigenvalue weighted by Crippen LogP contribution is -2.37. The normalized spacial score (nSPS) is 22.1. The van der Waals surface area contributed by atoms with Crippen molar-refractivity contribution in [2.24, 2.45) is 5.92 Å². The summed E-state index contributed by atoms with van der Waals surface area (Å²) in [6.45, 7) is 0. The van der Waals surface area contributed by atoms with Gasteiger partial charge in [0.05, 0.1) is 26.8 Å². The van der Waals surface area contributed by atoms with Crippen LogP contribution in [0, 0.1) is 21.8 Å². The fourth-order valence-electron chi connectivity index (χ4n) is 4.23. The van der Waals surface area contributed by atoms with E-state index < -0.39 is 40.6 Å². The fourth-order valence-corrected chi connectivity index (χ4v) is 4.62. The number of nitro benzene ring substituents is 1. The number of halogens is 2. The van der Waals surface area contributed by atoms with Crippen LogP contribution in [0.25, 0.3) is 0 Å². The standard InChI is InChI=1S/C23H15BrFN3O5/c24-17-12-13(6-11-18(17)25)20-19-21(33-27(20)15-4-2-1-3-5-15)23(30)26(22(19)29)14-7-9-16(10-8-14)28(31)32/h1-12,19-21H/t19-,20-,21+/m0/s1. The molecule has 3 atom stereocenters. The summed E-state index contributed by atoms with van der Waals surface area (Å²) in [4.78, 5) is 44.1. The molecule has 0 aromatic heterocycles. The summed E-state index contributed by atoms with van der Waals surface area (Å²) in [6, 6.07) is 17.9. The molecule has 3 aromatic rings. The fraction of sp³-hybridized carbons (Fsp3) is 0.130. The van der Waals surface area contributed by atoms with Crippen molar-refractivity contribution in [3.05, 3.63) is 98.8 Å². The highest BCUT2D eigenvalue weighted by Gasteiger charge is 2.60. The van der Waals surface area contributed by atoms with Gasteiger partial charge in [0.1, 0.15) is 11.7 Å². The largest absolute Gasteiger partial charge is 0.273 e. The molecule has 33 heavy (non-hydrogen) atoms. The smallest absolute Gasteiger partial charge is 0.269 e. The molecule has 0 saturated carbocycles. The van der Waals surface area contributed by atoms with Crippen LogP contribution in [0.4, 0.5) is 21.5 Å². The number of nitrogens with zero attached hydrogens (tertiary/aromatic N) is 3. The zero-order chi connectivity index (χ0) is 23.3. The second-order valence-electron chi connectivity index (χ2n) is 7.62. The van der Waals surface area contributed by atoms with Gasteiger partial charge < -0.3 is 0 Å². The topological polar surface area (TPSA) is 93.0 Å². The maximum absolute atomic E-state index is 13.9. The SMILES string of the molecule is O=C1[C@@H]2[C@@H](ON(c3ccccc3)[C@H]2c2ccc(F)c(Br)c2)C(=O)N1c1ccc([N+](=O)[O-])cc1. The Kier molecular flexibility index (Phi) is 5.18. The van der Waals surface area contributed by atoms with Gasteiger partial charge in [-0.05, 0) is 57.9 Å². The molecule has 166 valence electrons. The number of hydrogen-bond donors (Lipinski definition) is 0. The minimum atomic E-state index is -1.10. The van der Waals surface area contributed by atoms with E-state index in [0.717, 1.165) is 4.90 Å². The van der Waals surface area contributed by atoms with Crippen molar-refractivity contribution in [2.45, 2.75) is 12.1 Å². The van der Waals surface area contributed by atoms with Crippen molar-refractivity contribution in [1.82, 2.24) is 0 Å². The minimum Gasteiger partial charge on any atom is -0.273 e. The summed E-state index contributed by atoms with van der Waals surface area (Å²) in [7, 11) is 0. The van der Waals surface area contributed by atoms with E-state index >= 15 is 0 Å². The highest BCUT2D eigenvalue weighted by Crippen LogP contribution is 2.48. The maximum Gasteiger partial charge on any atom is 0.269 e. The van der Waals surface area contributed by atoms with Crippen molar-refractivity contribution in [2.75, 3.05) is 9.96 Å². The van der Waals surface area contributed by atoms with Crippen LogP contribution in [-0.2, 0) is 14.4 Å². The number of non-ortho nitro benzene ring substituents is 1. The van der Waals surface area contributed by atoms with E-state index in [1.54, 1.807) is 36.4 Å². The minimum absolute atomic E-state index is 0.154. The number of imide groups is 1. The average molecular weight is 512 g/mol. The van der Waals surface area contributed by atoms with Crippen LogP contribution >= 0.6 is 15.9 Å². The number of fused-ring (bicyclic) bond motifs is 1. The van der Waals surface area contributed by atoms with Crippen molar-refractivity contribution in [3.63, 3.8) is 0 Å². The van der Waals surface area contributed by atoms with Crippen LogP contribution in [0.1, 0.15) is 11.6 Å². The third kappa shape index (κ3) is 3.47. The van der Waals surface area contributed by atoms with Crippen molar-refractivity contribution >= 4 is 44.8 Å². The number of benzene rings is 3. The summed E-state index contributed by atoms with van der Waals surface area (Å²) >= 11 is 3.18. The van der Waals surface area contributed by atoms with Crippen LogP contribution in [-0.4, -0.2) is 22.8 Å². The molecular weight excluding hydrogens is 497 g/mol. The summed E-state index contributed by atoms with van der Waals surface area (Å²) in [5.74, 6) is -2.42. The molecule has 5 rings (SSSR count). The highest BCUT2D eigenvalue weighted by atomic mass is 79.9. The zero-order valence-electron chi connectivity index (χ0n) is 16.8. The second-order valence-corrected chi connectivity index (χ2v) is 8.47. The van der Waals surface area contributed by atoms with Gasteiger partial charge in [-0.15, -0.1) is 0 Å². The van der Waals surface area contributed by atoms with Gasteiger partial charge in [-0.2, -0.15) is 0 Å². The quantitative estimate of drug-likeness (QED) is 0.290. The van der Waals surface area contributed by atoms with Crippen LogP contribution < -0.4 is 9.96 Å². The molecule has 0 radical (unpaired) electrons. The molecule has 2 amide bonds. The van der Waals surface area contributed by atoms with E-state index in [9.17, 15) is 24.1 Å². The Morgan fingerprint density at radius 2 is 1.64 bits per heavy atom. The molecule has 2 heterocycles. The van der Waals surface area contributed by atoms with Crippen molar-refractivity contribution < 1.29 is 23.7 Å². The van der Waals surface area contributed by atoms with Gasteiger partial charge in [0.2, 0.25) is 5.91 Å². The average Bonchev–Trinajstić information content (AvgIpc) is 3.32. The number of hydroxylamine groups is 1. The first-order valence-corrected chi connectivity index (χ1v) is 10.7. The Morgan fingerprint density at radius 3 is 2.27 bits per heavy atom. The molecule has 0 unspecified atom stereocenters. The van der Waals surface area contributed by atoms with Gasteiger partial charge in [0.15, 0.2) is 6.10 Å². The number of nitro groups is 1. The van der Waals surface area contributed by atoms with E-state index in [-0.39, 0.29) is 15.8 Å². The lowest BCUT2D eigenvalue weighted by atomic mass is 9.90. The molecule has 0 spiro atoms. The number of carbonyl (C=O) groups is 2. The molecule has 8 nitrogen and oxygen atoms in total. The molecule has 10 heteroatoms. The van der Waals surface area contributed by atoms with Crippen LogP contribution in [0.2, 0.25) is 0 Å². The molecule has 2 saturated heterocycles. The Morgan fingerprint density at radius 1 is 0.939 bits per heavy atom. The van der Waals surface area contributed by atoms with E-state index in [2.05, 4.69) is 15.9 Å². The van der Waals surface area contributed by atoms with E-state index in [4.69, 9.17) is 4.84 Å². The lowest BCUT2D eigenvalue weighted by Gasteiger charge is -2.28. The van der Waals surface area contributed by atoms with Crippen molar-refractivity contribution in [1.29, 1.82) is 0 Å². The Bertz CT molecular complexity index is 1270. The molecule has 0 N–H and O–H groups in total. The van der Waals surface area contributed by atoms with E-state index in [1.807, 2.05) is 6.07 Å². The van der Waals surface area contributed by atoms with Crippen LogP contribution in [0.15, 0.2) is 77.3 Å².